The third-order valence-electron chi connectivity index (χ3n) is 3.21. The Hall–Kier alpha value is -2.11. The van der Waals surface area contributed by atoms with Crippen LogP contribution in [0.4, 0.5) is 0 Å². The predicted molar refractivity (Wildman–Crippen MR) is 84.8 cm³/mol. The number of thiazole rings is 1. The SMILES string of the molecule is CC(NCc1csc(-c2ccccn2)n1)c1cccnc1. The maximum Gasteiger partial charge on any atom is 0.142 e. The molecule has 3 aromatic heterocycles. The van der Waals surface area contributed by atoms with E-state index in [4.69, 9.17) is 0 Å². The zero-order chi connectivity index (χ0) is 14.5. The van der Waals surface area contributed by atoms with Gasteiger partial charge in [0.1, 0.15) is 5.01 Å². The van der Waals surface area contributed by atoms with Crippen LogP contribution in [-0.2, 0) is 6.54 Å². The lowest BCUT2D eigenvalue weighted by molar-refractivity contribution is 0.568. The van der Waals surface area contributed by atoms with Crippen molar-refractivity contribution in [2.45, 2.75) is 19.5 Å². The average Bonchev–Trinajstić information content (AvgIpc) is 3.03. The van der Waals surface area contributed by atoms with Gasteiger partial charge in [0.25, 0.3) is 0 Å². The number of hydrogen-bond donors (Lipinski definition) is 1. The average molecular weight is 296 g/mol. The Bertz CT molecular complexity index is 682. The summed E-state index contributed by atoms with van der Waals surface area (Å²) in [6.45, 7) is 2.86. The highest BCUT2D eigenvalue weighted by molar-refractivity contribution is 7.13. The van der Waals surface area contributed by atoms with E-state index in [1.807, 2.05) is 30.5 Å². The maximum atomic E-state index is 4.62. The van der Waals surface area contributed by atoms with Crippen LogP contribution in [0, 0.1) is 0 Å². The normalized spacial score (nSPS) is 12.2. The largest absolute Gasteiger partial charge is 0.304 e. The Morgan fingerprint density at radius 2 is 2.14 bits per heavy atom. The zero-order valence-corrected chi connectivity index (χ0v) is 12.5. The Kier molecular flexibility index (Phi) is 4.33. The van der Waals surface area contributed by atoms with E-state index in [2.05, 4.69) is 38.6 Å². The minimum atomic E-state index is 0.249. The van der Waals surface area contributed by atoms with E-state index in [0.29, 0.717) is 0 Å². The molecule has 0 spiro atoms. The van der Waals surface area contributed by atoms with Crippen molar-refractivity contribution in [2.75, 3.05) is 0 Å². The first-order chi connectivity index (χ1) is 10.3. The summed E-state index contributed by atoms with van der Waals surface area (Å²) in [4.78, 5) is 13.1. The fourth-order valence-electron chi connectivity index (χ4n) is 2.00. The van der Waals surface area contributed by atoms with Gasteiger partial charge in [0.05, 0.1) is 11.4 Å². The van der Waals surface area contributed by atoms with Crippen LogP contribution in [0.2, 0.25) is 0 Å². The van der Waals surface area contributed by atoms with Gasteiger partial charge in [0.15, 0.2) is 0 Å². The summed E-state index contributed by atoms with van der Waals surface area (Å²) < 4.78 is 0. The Balaban J connectivity index is 1.63. The monoisotopic (exact) mass is 296 g/mol. The minimum Gasteiger partial charge on any atom is -0.304 e. The molecule has 0 aromatic carbocycles. The van der Waals surface area contributed by atoms with Crippen LogP contribution in [0.5, 0.6) is 0 Å². The van der Waals surface area contributed by atoms with E-state index in [1.54, 1.807) is 23.7 Å². The third kappa shape index (κ3) is 3.51. The second-order valence-electron chi connectivity index (χ2n) is 4.75. The molecular formula is C16H16N4S. The highest BCUT2D eigenvalue weighted by Crippen LogP contribution is 2.21. The molecular weight excluding hydrogens is 280 g/mol. The van der Waals surface area contributed by atoms with E-state index in [1.165, 1.54) is 5.56 Å². The lowest BCUT2D eigenvalue weighted by Gasteiger charge is -2.12. The van der Waals surface area contributed by atoms with Gasteiger partial charge in [0.2, 0.25) is 0 Å². The molecule has 1 unspecified atom stereocenters. The van der Waals surface area contributed by atoms with E-state index in [9.17, 15) is 0 Å². The quantitative estimate of drug-likeness (QED) is 0.783. The molecule has 0 bridgehead atoms. The van der Waals surface area contributed by atoms with Crippen molar-refractivity contribution in [3.8, 4) is 10.7 Å². The molecule has 3 aromatic rings. The van der Waals surface area contributed by atoms with E-state index in [-0.39, 0.29) is 6.04 Å². The summed E-state index contributed by atoms with van der Waals surface area (Å²) >= 11 is 1.62. The molecule has 0 amide bonds. The highest BCUT2D eigenvalue weighted by atomic mass is 32.1. The van der Waals surface area contributed by atoms with Crippen LogP contribution in [0.25, 0.3) is 10.7 Å². The molecule has 21 heavy (non-hydrogen) atoms. The first kappa shape index (κ1) is 13.9. The summed E-state index contributed by atoms with van der Waals surface area (Å²) in [6.07, 6.45) is 5.47. The number of hydrogen-bond acceptors (Lipinski definition) is 5. The van der Waals surface area contributed by atoms with Crippen molar-refractivity contribution in [1.29, 1.82) is 0 Å². The molecule has 4 nitrogen and oxygen atoms in total. The smallest absolute Gasteiger partial charge is 0.142 e. The number of nitrogens with one attached hydrogen (secondary N) is 1. The molecule has 1 N–H and O–H groups in total. The van der Waals surface area contributed by atoms with Crippen LogP contribution < -0.4 is 5.32 Å². The zero-order valence-electron chi connectivity index (χ0n) is 11.7. The first-order valence-corrected chi connectivity index (χ1v) is 7.70. The standard InChI is InChI=1S/C16H16N4S/c1-12(13-5-4-7-17-9-13)19-10-14-11-21-16(20-14)15-6-2-3-8-18-15/h2-9,11-12,19H,10H2,1H3. The molecule has 0 radical (unpaired) electrons. The molecule has 0 fully saturated rings. The number of rotatable bonds is 5. The summed E-state index contributed by atoms with van der Waals surface area (Å²) in [6, 6.07) is 10.1. The Labute approximate surface area is 127 Å². The first-order valence-electron chi connectivity index (χ1n) is 6.82. The van der Waals surface area contributed by atoms with Gasteiger partial charge in [0, 0.05) is 36.6 Å². The van der Waals surface area contributed by atoms with Crippen molar-refractivity contribution < 1.29 is 0 Å². The third-order valence-corrected chi connectivity index (χ3v) is 4.12. The van der Waals surface area contributed by atoms with Gasteiger partial charge in [-0.05, 0) is 30.7 Å². The van der Waals surface area contributed by atoms with Gasteiger partial charge in [-0.3, -0.25) is 9.97 Å². The predicted octanol–water partition coefficient (Wildman–Crippen LogP) is 3.45. The topological polar surface area (TPSA) is 50.7 Å². The Morgan fingerprint density at radius 1 is 1.19 bits per heavy atom. The molecule has 0 saturated carbocycles. The summed E-state index contributed by atoms with van der Waals surface area (Å²) in [5.74, 6) is 0. The van der Waals surface area contributed by atoms with Crippen molar-refractivity contribution in [2.24, 2.45) is 0 Å². The van der Waals surface area contributed by atoms with E-state index < -0.39 is 0 Å². The fourth-order valence-corrected chi connectivity index (χ4v) is 2.80. The lowest BCUT2D eigenvalue weighted by atomic mass is 10.1. The minimum absolute atomic E-state index is 0.249. The van der Waals surface area contributed by atoms with Gasteiger partial charge in [-0.1, -0.05) is 12.1 Å². The van der Waals surface area contributed by atoms with Crippen molar-refractivity contribution in [1.82, 2.24) is 20.3 Å². The molecule has 0 aliphatic carbocycles. The van der Waals surface area contributed by atoms with Gasteiger partial charge >= 0.3 is 0 Å². The highest BCUT2D eigenvalue weighted by Gasteiger charge is 2.08. The van der Waals surface area contributed by atoms with Crippen LogP contribution in [-0.4, -0.2) is 15.0 Å². The van der Waals surface area contributed by atoms with Crippen LogP contribution >= 0.6 is 11.3 Å². The molecule has 0 aliphatic heterocycles. The van der Waals surface area contributed by atoms with E-state index in [0.717, 1.165) is 22.9 Å². The van der Waals surface area contributed by atoms with Crippen LogP contribution in [0.1, 0.15) is 24.2 Å². The Morgan fingerprint density at radius 3 is 2.90 bits per heavy atom. The second-order valence-corrected chi connectivity index (χ2v) is 5.61. The van der Waals surface area contributed by atoms with Gasteiger partial charge < -0.3 is 5.32 Å². The van der Waals surface area contributed by atoms with Crippen molar-refractivity contribution >= 4 is 11.3 Å². The van der Waals surface area contributed by atoms with Gasteiger partial charge in [-0.25, -0.2) is 4.98 Å². The van der Waals surface area contributed by atoms with Gasteiger partial charge in [-0.15, -0.1) is 11.3 Å². The van der Waals surface area contributed by atoms with Crippen LogP contribution in [0.15, 0.2) is 54.3 Å². The summed E-state index contributed by atoms with van der Waals surface area (Å²) in [7, 11) is 0. The van der Waals surface area contributed by atoms with E-state index >= 15 is 0 Å². The van der Waals surface area contributed by atoms with Gasteiger partial charge in [-0.2, -0.15) is 0 Å². The number of pyridine rings is 2. The summed E-state index contributed by atoms with van der Waals surface area (Å²) in [5, 5.41) is 6.50. The second kappa shape index (κ2) is 6.56. The maximum absolute atomic E-state index is 4.62. The molecule has 0 aliphatic rings. The van der Waals surface area contributed by atoms with Crippen molar-refractivity contribution in [3.05, 3.63) is 65.6 Å². The molecule has 3 rings (SSSR count). The number of nitrogens with zero attached hydrogens (tertiary/aromatic N) is 3. The molecule has 1 atom stereocenters. The number of aromatic nitrogens is 3. The molecule has 106 valence electrons. The molecule has 0 saturated heterocycles. The fraction of sp³-hybridized carbons (Fsp3) is 0.188. The molecule has 5 heteroatoms. The summed E-state index contributed by atoms with van der Waals surface area (Å²) in [5.41, 5.74) is 3.14. The van der Waals surface area contributed by atoms with Crippen LogP contribution in [0.3, 0.4) is 0 Å². The van der Waals surface area contributed by atoms with Crippen molar-refractivity contribution in [3.63, 3.8) is 0 Å². The lowest BCUT2D eigenvalue weighted by Crippen LogP contribution is -2.18. The molecule has 3 heterocycles.